The minimum Gasteiger partial charge on any atom is -0.230 e. The molecule has 3 heteroatoms. The van der Waals surface area contributed by atoms with Crippen LogP contribution in [0.4, 0.5) is 0 Å². The largest absolute Gasteiger partial charge is 0.230 e. The van der Waals surface area contributed by atoms with E-state index in [9.17, 15) is 0 Å². The van der Waals surface area contributed by atoms with Crippen LogP contribution >= 0.6 is 15.9 Å². The van der Waals surface area contributed by atoms with Gasteiger partial charge in [-0.3, -0.25) is 0 Å². The zero-order chi connectivity index (χ0) is 16.0. The summed E-state index contributed by atoms with van der Waals surface area (Å²) < 4.78 is 67.4. The number of hydrogen-bond donors (Lipinski definition) is 0. The van der Waals surface area contributed by atoms with Crippen molar-refractivity contribution in [1.29, 1.82) is 0 Å². The standard InChI is InChI=1S/C8H11BrN2/c1-6(2)3-7-4-10-8(9)11-5-7/h4-6H,3H2,1-2H3/i1D3,2D3,3D2,6D. The number of aromatic nitrogens is 2. The van der Waals surface area contributed by atoms with Gasteiger partial charge in [-0.25, -0.2) is 9.97 Å². The Kier molecular flexibility index (Phi) is 0.874. The fourth-order valence-corrected chi connectivity index (χ4v) is 0.726. The van der Waals surface area contributed by atoms with Crippen molar-refractivity contribution in [2.75, 3.05) is 0 Å². The minimum absolute atomic E-state index is 0.135. The van der Waals surface area contributed by atoms with E-state index in [4.69, 9.17) is 12.3 Å². The molecule has 0 bridgehead atoms. The summed E-state index contributed by atoms with van der Waals surface area (Å²) in [6, 6.07) is 0. The maximum atomic E-state index is 7.87. The van der Waals surface area contributed by atoms with Crippen LogP contribution in [0.3, 0.4) is 0 Å². The average Bonchev–Trinajstić information content (AvgIpc) is 2.25. The summed E-state index contributed by atoms with van der Waals surface area (Å²) in [4.78, 5) is 7.28. The lowest BCUT2D eigenvalue weighted by atomic mass is 10.1. The Bertz CT molecular complexity index is 464. The Hall–Kier alpha value is -0.440. The molecule has 0 amide bonds. The highest BCUT2D eigenvalue weighted by Crippen LogP contribution is 2.07. The quantitative estimate of drug-likeness (QED) is 0.721. The number of rotatable bonds is 2. The van der Waals surface area contributed by atoms with Gasteiger partial charge in [-0.1, -0.05) is 13.7 Å². The Balaban J connectivity index is 3.51. The highest BCUT2D eigenvalue weighted by atomic mass is 79.9. The minimum atomic E-state index is -3.37. The van der Waals surface area contributed by atoms with Gasteiger partial charge in [0.1, 0.15) is 0 Å². The van der Waals surface area contributed by atoms with Gasteiger partial charge in [-0.2, -0.15) is 0 Å². The van der Waals surface area contributed by atoms with Gasteiger partial charge >= 0.3 is 0 Å². The summed E-state index contributed by atoms with van der Waals surface area (Å²) in [5.41, 5.74) is -0.386. The highest BCUT2D eigenvalue weighted by molar-refractivity contribution is 9.10. The molecule has 0 aromatic carbocycles. The topological polar surface area (TPSA) is 25.8 Å². The van der Waals surface area contributed by atoms with Gasteiger partial charge in [0, 0.05) is 24.7 Å². The van der Waals surface area contributed by atoms with Crippen LogP contribution in [0, 0.1) is 5.89 Å². The van der Waals surface area contributed by atoms with E-state index in [0.29, 0.717) is 0 Å². The van der Waals surface area contributed by atoms with E-state index < -0.39 is 26.0 Å². The predicted molar refractivity (Wildman–Crippen MR) is 48.3 cm³/mol. The van der Waals surface area contributed by atoms with Gasteiger partial charge in [0.05, 0.1) is 0 Å². The molecule has 1 rings (SSSR count). The summed E-state index contributed by atoms with van der Waals surface area (Å²) in [7, 11) is 0. The van der Waals surface area contributed by atoms with Crippen molar-refractivity contribution in [1.82, 2.24) is 9.97 Å². The van der Waals surface area contributed by atoms with Crippen LogP contribution in [0.2, 0.25) is 0 Å². The molecular weight excluding hydrogens is 204 g/mol. The monoisotopic (exact) mass is 223 g/mol. The van der Waals surface area contributed by atoms with Gasteiger partial charge in [0.25, 0.3) is 0 Å². The first kappa shape index (κ1) is 2.52. The molecule has 1 aromatic heterocycles. The summed E-state index contributed by atoms with van der Waals surface area (Å²) in [6.07, 6.45) is -1.08. The van der Waals surface area contributed by atoms with E-state index >= 15 is 0 Å². The smallest absolute Gasteiger partial charge is 0.196 e. The number of hydrogen-bond acceptors (Lipinski definition) is 2. The van der Waals surface area contributed by atoms with Crippen LogP contribution in [-0.4, -0.2) is 9.97 Å². The second kappa shape index (κ2) is 3.81. The molecule has 2 nitrogen and oxygen atoms in total. The molecule has 0 radical (unpaired) electrons. The second-order valence-electron chi connectivity index (χ2n) is 1.74. The van der Waals surface area contributed by atoms with Crippen LogP contribution in [0.5, 0.6) is 0 Å². The lowest BCUT2D eigenvalue weighted by molar-refractivity contribution is 0.643. The van der Waals surface area contributed by atoms with E-state index in [0.717, 1.165) is 12.4 Å². The van der Waals surface area contributed by atoms with E-state index in [2.05, 4.69) is 25.9 Å². The van der Waals surface area contributed by atoms with Gasteiger partial charge in [-0.05, 0) is 33.8 Å². The molecule has 0 atom stereocenters. The molecule has 0 aliphatic carbocycles. The van der Waals surface area contributed by atoms with Crippen LogP contribution in [-0.2, 0) is 6.37 Å². The zero-order valence-corrected chi connectivity index (χ0v) is 7.01. The lowest BCUT2D eigenvalue weighted by Crippen LogP contribution is -1.95. The van der Waals surface area contributed by atoms with Crippen LogP contribution in [0.1, 0.15) is 31.6 Å². The first-order valence-corrected chi connectivity index (χ1v) is 3.52. The number of nitrogens with zero attached hydrogens (tertiary/aromatic N) is 2. The molecule has 1 heterocycles. The van der Waals surface area contributed by atoms with Crippen molar-refractivity contribution < 1.29 is 12.3 Å². The molecule has 0 saturated carbocycles. The lowest BCUT2D eigenvalue weighted by Gasteiger charge is -2.02. The SMILES string of the molecule is [2H]C([2H])([2H])C([2H])(C([2H])([2H])[2H])C([2H])([2H])c1cnc(Br)nc1. The van der Waals surface area contributed by atoms with Crippen molar-refractivity contribution in [2.24, 2.45) is 5.89 Å². The Morgan fingerprint density at radius 2 is 2.36 bits per heavy atom. The molecule has 1 aromatic rings. The molecule has 60 valence electrons. The molecule has 0 aliphatic rings. The Morgan fingerprint density at radius 1 is 1.73 bits per heavy atom. The first-order valence-electron chi connectivity index (χ1n) is 7.23. The van der Waals surface area contributed by atoms with E-state index in [1.165, 1.54) is 0 Å². The summed E-state index contributed by atoms with van der Waals surface area (Å²) in [5, 5.41) is 0. The van der Waals surface area contributed by atoms with Crippen molar-refractivity contribution in [3.05, 3.63) is 22.7 Å². The molecular formula is C8H11BrN2. The maximum Gasteiger partial charge on any atom is 0.196 e. The summed E-state index contributed by atoms with van der Waals surface area (Å²) in [6.45, 7) is -6.73. The first-order chi connectivity index (χ1) is 8.75. The second-order valence-corrected chi connectivity index (χ2v) is 2.45. The summed E-state index contributed by atoms with van der Waals surface area (Å²) >= 11 is 2.93. The molecule has 0 fully saturated rings. The molecule has 0 unspecified atom stereocenters. The van der Waals surface area contributed by atoms with Gasteiger partial charge in [0.2, 0.25) is 0 Å². The third kappa shape index (κ3) is 2.97. The average molecular weight is 224 g/mol. The molecule has 11 heavy (non-hydrogen) atoms. The fourth-order valence-electron chi connectivity index (χ4n) is 0.521. The van der Waals surface area contributed by atoms with Crippen LogP contribution in [0.25, 0.3) is 0 Å². The van der Waals surface area contributed by atoms with Crippen molar-refractivity contribution >= 4 is 15.9 Å². The predicted octanol–water partition coefficient (Wildman–Crippen LogP) is 2.44. The van der Waals surface area contributed by atoms with E-state index in [1.807, 2.05) is 0 Å². The molecule has 0 N–H and O–H groups in total. The molecule has 0 aliphatic heterocycles. The van der Waals surface area contributed by atoms with E-state index in [-0.39, 0.29) is 10.3 Å². The fraction of sp³-hybridized carbons (Fsp3) is 0.500. The zero-order valence-electron chi connectivity index (χ0n) is 14.4. The van der Waals surface area contributed by atoms with Crippen molar-refractivity contribution in [2.45, 2.75) is 20.1 Å². The van der Waals surface area contributed by atoms with E-state index in [1.54, 1.807) is 0 Å². The molecule has 0 saturated heterocycles. The Morgan fingerprint density at radius 3 is 2.91 bits per heavy atom. The third-order valence-electron chi connectivity index (χ3n) is 0.890. The van der Waals surface area contributed by atoms with Gasteiger partial charge in [-0.15, -0.1) is 0 Å². The normalized spacial score (nSPS) is 27.2. The van der Waals surface area contributed by atoms with Crippen LogP contribution < -0.4 is 0 Å². The Labute approximate surface area is 87.8 Å². The van der Waals surface area contributed by atoms with Gasteiger partial charge < -0.3 is 0 Å². The highest BCUT2D eigenvalue weighted by Gasteiger charge is 1.97. The maximum absolute atomic E-state index is 7.87. The van der Waals surface area contributed by atoms with Crippen molar-refractivity contribution in [3.8, 4) is 0 Å². The summed E-state index contributed by atoms with van der Waals surface area (Å²) in [5.74, 6) is -3.34. The third-order valence-corrected chi connectivity index (χ3v) is 1.30. The van der Waals surface area contributed by atoms with Gasteiger partial charge in [0.15, 0.2) is 4.73 Å². The van der Waals surface area contributed by atoms with Crippen LogP contribution in [0.15, 0.2) is 17.1 Å². The molecule has 0 spiro atoms. The number of halogens is 1. The van der Waals surface area contributed by atoms with Crippen molar-refractivity contribution in [3.63, 3.8) is 0 Å².